The molecule has 2 amide bonds. The summed E-state index contributed by atoms with van der Waals surface area (Å²) in [5, 5.41) is 11.2. The monoisotopic (exact) mass is 398 g/mol. The number of anilines is 1. The lowest BCUT2D eigenvalue weighted by molar-refractivity contribution is -0.139. The third-order valence-electron chi connectivity index (χ3n) is 4.34. The highest BCUT2D eigenvalue weighted by Crippen LogP contribution is 2.26. The van der Waals surface area contributed by atoms with Gasteiger partial charge in [0.05, 0.1) is 23.5 Å². The third kappa shape index (κ3) is 6.21. The second kappa shape index (κ2) is 9.70. The van der Waals surface area contributed by atoms with Crippen LogP contribution >= 0.6 is 11.8 Å². The van der Waals surface area contributed by atoms with Crippen LogP contribution in [0.15, 0.2) is 24.3 Å². The molecule has 1 fully saturated rings. The molecular formula is C18H23FN2O5S. The van der Waals surface area contributed by atoms with Gasteiger partial charge in [-0.15, -0.1) is 11.8 Å². The summed E-state index contributed by atoms with van der Waals surface area (Å²) in [5.74, 6) is -1.81. The highest BCUT2D eigenvalue weighted by atomic mass is 32.2. The molecule has 3 unspecified atom stereocenters. The highest BCUT2D eigenvalue weighted by Gasteiger charge is 2.38. The van der Waals surface area contributed by atoms with Crippen LogP contribution < -0.4 is 5.32 Å². The zero-order valence-electron chi connectivity index (χ0n) is 15.2. The summed E-state index contributed by atoms with van der Waals surface area (Å²) in [5.41, 5.74) is 0.477. The van der Waals surface area contributed by atoms with Crippen molar-refractivity contribution in [3.05, 3.63) is 30.1 Å². The summed E-state index contributed by atoms with van der Waals surface area (Å²) < 4.78 is 18.1. The number of thioether (sulfide) groups is 1. The smallest absolute Gasteiger partial charge is 0.305 e. The van der Waals surface area contributed by atoms with Crippen molar-refractivity contribution in [2.45, 2.75) is 37.2 Å². The molecule has 0 saturated carbocycles. The fourth-order valence-corrected chi connectivity index (χ4v) is 3.70. The number of rotatable bonds is 8. The van der Waals surface area contributed by atoms with Gasteiger partial charge in [-0.3, -0.25) is 14.4 Å². The number of methoxy groups -OCH3 is 1. The summed E-state index contributed by atoms with van der Waals surface area (Å²) in [7, 11) is 1.54. The van der Waals surface area contributed by atoms with E-state index in [9.17, 15) is 18.8 Å². The summed E-state index contributed by atoms with van der Waals surface area (Å²) >= 11 is 1.17. The predicted octanol–water partition coefficient (Wildman–Crippen LogP) is 1.98. The van der Waals surface area contributed by atoms with Gasteiger partial charge < -0.3 is 20.1 Å². The molecule has 0 aromatic heterocycles. The van der Waals surface area contributed by atoms with E-state index in [0.717, 1.165) is 0 Å². The number of carboxylic acid groups (broad SMARTS) is 1. The van der Waals surface area contributed by atoms with Crippen molar-refractivity contribution in [2.24, 2.45) is 0 Å². The molecule has 2 N–H and O–H groups in total. The van der Waals surface area contributed by atoms with E-state index in [1.807, 2.05) is 0 Å². The number of halogens is 1. The van der Waals surface area contributed by atoms with Gasteiger partial charge in [-0.1, -0.05) is 0 Å². The van der Waals surface area contributed by atoms with E-state index in [1.54, 1.807) is 6.92 Å². The number of hydrogen-bond acceptors (Lipinski definition) is 5. The average molecular weight is 398 g/mol. The van der Waals surface area contributed by atoms with Crippen molar-refractivity contribution >= 4 is 35.2 Å². The molecule has 1 saturated heterocycles. The molecule has 1 aliphatic heterocycles. The molecule has 0 radical (unpaired) electrons. The fourth-order valence-electron chi connectivity index (χ4n) is 2.95. The van der Waals surface area contributed by atoms with Gasteiger partial charge in [-0.2, -0.15) is 0 Å². The van der Waals surface area contributed by atoms with E-state index in [-0.39, 0.29) is 30.1 Å². The predicted molar refractivity (Wildman–Crippen MR) is 100 cm³/mol. The lowest BCUT2D eigenvalue weighted by atomic mass is 10.1. The first-order valence-electron chi connectivity index (χ1n) is 8.52. The highest BCUT2D eigenvalue weighted by molar-refractivity contribution is 8.01. The van der Waals surface area contributed by atoms with Crippen LogP contribution in [-0.4, -0.2) is 64.6 Å². The number of amides is 2. The van der Waals surface area contributed by atoms with Crippen molar-refractivity contribution in [1.82, 2.24) is 4.90 Å². The van der Waals surface area contributed by atoms with Crippen molar-refractivity contribution in [2.75, 3.05) is 24.7 Å². The molecular weight excluding hydrogens is 375 g/mol. The van der Waals surface area contributed by atoms with Crippen LogP contribution in [0.3, 0.4) is 0 Å². The lowest BCUT2D eigenvalue weighted by Crippen LogP contribution is -2.41. The van der Waals surface area contributed by atoms with Crippen LogP contribution in [0.4, 0.5) is 10.1 Å². The maximum absolute atomic E-state index is 12.9. The molecule has 1 aromatic carbocycles. The molecule has 0 aliphatic carbocycles. The van der Waals surface area contributed by atoms with Gasteiger partial charge in [0, 0.05) is 25.4 Å². The normalized spacial score (nSPS) is 20.3. The second-order valence-corrected chi connectivity index (χ2v) is 7.67. The van der Waals surface area contributed by atoms with Crippen molar-refractivity contribution < 1.29 is 28.6 Å². The van der Waals surface area contributed by atoms with Crippen LogP contribution in [0, 0.1) is 5.82 Å². The summed E-state index contributed by atoms with van der Waals surface area (Å²) in [6.45, 7) is 2.04. The Bertz CT molecular complexity index is 685. The van der Waals surface area contributed by atoms with E-state index in [0.29, 0.717) is 18.7 Å². The van der Waals surface area contributed by atoms with Gasteiger partial charge in [-0.25, -0.2) is 4.39 Å². The Morgan fingerprint density at radius 2 is 2.04 bits per heavy atom. The van der Waals surface area contributed by atoms with Gasteiger partial charge in [0.25, 0.3) is 0 Å². The number of likely N-dealkylation sites (tertiary alicyclic amines) is 1. The van der Waals surface area contributed by atoms with Crippen molar-refractivity contribution in [3.8, 4) is 0 Å². The summed E-state index contributed by atoms with van der Waals surface area (Å²) in [6.07, 6.45) is 0.169. The molecule has 0 bridgehead atoms. The number of benzene rings is 1. The first-order chi connectivity index (χ1) is 12.8. The Morgan fingerprint density at radius 1 is 1.37 bits per heavy atom. The van der Waals surface area contributed by atoms with E-state index in [2.05, 4.69) is 5.32 Å². The Morgan fingerprint density at radius 3 is 2.63 bits per heavy atom. The molecule has 1 heterocycles. The number of hydrogen-bond donors (Lipinski definition) is 2. The van der Waals surface area contributed by atoms with Crippen LogP contribution in [0.25, 0.3) is 0 Å². The first-order valence-corrected chi connectivity index (χ1v) is 9.57. The first kappa shape index (κ1) is 21.2. The molecule has 1 aliphatic rings. The quantitative estimate of drug-likeness (QED) is 0.695. The zero-order valence-corrected chi connectivity index (χ0v) is 16.0. The minimum absolute atomic E-state index is 0.0510. The maximum Gasteiger partial charge on any atom is 0.305 e. The molecule has 2 rings (SSSR count). The lowest BCUT2D eigenvalue weighted by Gasteiger charge is -2.26. The SMILES string of the molecule is COC1CC(CC(=O)O)N(C(=O)C(C)SCC(=O)Nc2ccc(F)cc2)C1. The number of carbonyl (C=O) groups is 3. The van der Waals surface area contributed by atoms with Crippen LogP contribution in [0.5, 0.6) is 0 Å². The van der Waals surface area contributed by atoms with E-state index in [1.165, 1.54) is 48.0 Å². The Kier molecular flexibility index (Phi) is 7.61. The summed E-state index contributed by atoms with van der Waals surface area (Å²) in [4.78, 5) is 37.3. The van der Waals surface area contributed by atoms with Crippen molar-refractivity contribution in [3.63, 3.8) is 0 Å². The third-order valence-corrected chi connectivity index (χ3v) is 5.47. The number of carbonyl (C=O) groups excluding carboxylic acids is 2. The number of carboxylic acids is 1. The molecule has 0 spiro atoms. The Balaban J connectivity index is 1.87. The standard InChI is InChI=1S/C18H23FN2O5S/c1-11(27-10-16(22)20-13-5-3-12(19)4-6-13)18(25)21-9-15(26-2)7-14(21)8-17(23)24/h3-6,11,14-15H,7-10H2,1-2H3,(H,20,22)(H,23,24). The van der Waals surface area contributed by atoms with E-state index >= 15 is 0 Å². The van der Waals surface area contributed by atoms with E-state index in [4.69, 9.17) is 9.84 Å². The van der Waals surface area contributed by atoms with Gasteiger partial charge in [0.1, 0.15) is 5.82 Å². The van der Waals surface area contributed by atoms with Gasteiger partial charge >= 0.3 is 5.97 Å². The number of ether oxygens (including phenoxy) is 1. The molecule has 27 heavy (non-hydrogen) atoms. The Hall–Kier alpha value is -2.13. The minimum atomic E-state index is -0.964. The van der Waals surface area contributed by atoms with Crippen molar-refractivity contribution in [1.29, 1.82) is 0 Å². The van der Waals surface area contributed by atoms with Gasteiger partial charge in [0.15, 0.2) is 0 Å². The largest absolute Gasteiger partial charge is 0.481 e. The summed E-state index contributed by atoms with van der Waals surface area (Å²) in [6, 6.07) is 5.00. The fraction of sp³-hybridized carbons (Fsp3) is 0.500. The van der Waals surface area contributed by atoms with Gasteiger partial charge in [-0.05, 0) is 37.6 Å². The molecule has 148 valence electrons. The molecule has 1 aromatic rings. The molecule has 9 heteroatoms. The topological polar surface area (TPSA) is 95.9 Å². The number of nitrogens with one attached hydrogen (secondary N) is 1. The van der Waals surface area contributed by atoms with Crippen LogP contribution in [-0.2, 0) is 19.1 Å². The van der Waals surface area contributed by atoms with Gasteiger partial charge in [0.2, 0.25) is 11.8 Å². The van der Waals surface area contributed by atoms with Crippen LogP contribution in [0.1, 0.15) is 19.8 Å². The Labute approximate surface area is 161 Å². The average Bonchev–Trinajstić information content (AvgIpc) is 3.03. The maximum atomic E-state index is 12.9. The minimum Gasteiger partial charge on any atom is -0.481 e. The number of nitrogens with zero attached hydrogens (tertiary/aromatic N) is 1. The molecule has 7 nitrogen and oxygen atoms in total. The molecule has 3 atom stereocenters. The van der Waals surface area contributed by atoms with Crippen LogP contribution in [0.2, 0.25) is 0 Å². The second-order valence-electron chi connectivity index (χ2n) is 6.34. The number of aliphatic carboxylic acids is 1. The zero-order chi connectivity index (χ0) is 20.0. The van der Waals surface area contributed by atoms with E-state index < -0.39 is 23.1 Å².